The van der Waals surface area contributed by atoms with Gasteiger partial charge in [0.2, 0.25) is 0 Å². The number of hydrogen-bond donors (Lipinski definition) is 0. The number of pyridine rings is 1. The fraction of sp³-hybridized carbons (Fsp3) is 0.448. The SMILES string of the molecule is CCOc1nc(-c2cn(S(=O)(=O)c3ccccc3)c3ncc([C@H]4CC[C@H](N5CCCOCC5)CC4)cc23)cs1. The van der Waals surface area contributed by atoms with Crippen LogP contribution >= 0.6 is 11.3 Å². The maximum Gasteiger partial charge on any atom is 0.273 e. The molecule has 0 spiro atoms. The van der Waals surface area contributed by atoms with Gasteiger partial charge in [-0.15, -0.1) is 0 Å². The van der Waals surface area contributed by atoms with Gasteiger partial charge in [-0.05, 0) is 68.7 Å². The van der Waals surface area contributed by atoms with Crippen LogP contribution in [0.1, 0.15) is 50.5 Å². The van der Waals surface area contributed by atoms with Crippen molar-refractivity contribution in [3.8, 4) is 16.5 Å². The first-order valence-electron chi connectivity index (χ1n) is 13.8. The van der Waals surface area contributed by atoms with Crippen molar-refractivity contribution >= 4 is 32.4 Å². The first kappa shape index (κ1) is 26.4. The van der Waals surface area contributed by atoms with Gasteiger partial charge in [-0.3, -0.25) is 4.90 Å². The van der Waals surface area contributed by atoms with E-state index in [4.69, 9.17) is 14.5 Å². The molecular weight excluding hydrogens is 532 g/mol. The van der Waals surface area contributed by atoms with Gasteiger partial charge in [0, 0.05) is 54.5 Å². The number of nitrogens with zero attached hydrogens (tertiary/aromatic N) is 4. The zero-order chi connectivity index (χ0) is 26.8. The largest absolute Gasteiger partial charge is 0.470 e. The Morgan fingerprint density at radius 1 is 1.10 bits per heavy atom. The van der Waals surface area contributed by atoms with E-state index in [9.17, 15) is 8.42 Å². The van der Waals surface area contributed by atoms with Gasteiger partial charge in [0.25, 0.3) is 15.2 Å². The van der Waals surface area contributed by atoms with Crippen LogP contribution in [-0.4, -0.2) is 66.2 Å². The van der Waals surface area contributed by atoms with Crippen LogP contribution in [0, 0.1) is 0 Å². The molecule has 0 bridgehead atoms. The number of aromatic nitrogens is 3. The van der Waals surface area contributed by atoms with Crippen molar-refractivity contribution in [1.82, 2.24) is 18.8 Å². The molecule has 2 fully saturated rings. The first-order chi connectivity index (χ1) is 19.0. The molecule has 0 atom stereocenters. The summed E-state index contributed by atoms with van der Waals surface area (Å²) in [5, 5.41) is 3.29. The van der Waals surface area contributed by atoms with Gasteiger partial charge in [0.05, 0.1) is 23.8 Å². The highest BCUT2D eigenvalue weighted by atomic mass is 32.2. The monoisotopic (exact) mass is 566 g/mol. The average molecular weight is 567 g/mol. The van der Waals surface area contributed by atoms with Gasteiger partial charge < -0.3 is 9.47 Å². The van der Waals surface area contributed by atoms with Gasteiger partial charge in [-0.2, -0.15) is 0 Å². The van der Waals surface area contributed by atoms with Crippen LogP contribution in [0.15, 0.2) is 59.1 Å². The molecule has 4 heterocycles. The minimum absolute atomic E-state index is 0.227. The Kier molecular flexibility index (Phi) is 7.70. The minimum Gasteiger partial charge on any atom is -0.470 e. The number of benzene rings is 1. The van der Waals surface area contributed by atoms with Crippen molar-refractivity contribution in [1.29, 1.82) is 0 Å². The summed E-state index contributed by atoms with van der Waals surface area (Å²) in [7, 11) is -3.83. The van der Waals surface area contributed by atoms with Crippen LogP contribution in [0.2, 0.25) is 0 Å². The molecule has 6 rings (SSSR count). The molecule has 0 unspecified atom stereocenters. The molecule has 0 N–H and O–H groups in total. The fourth-order valence-corrected chi connectivity index (χ4v) is 7.96. The smallest absolute Gasteiger partial charge is 0.273 e. The van der Waals surface area contributed by atoms with Crippen molar-refractivity contribution in [3.05, 3.63) is 59.7 Å². The maximum absolute atomic E-state index is 13.7. The van der Waals surface area contributed by atoms with E-state index in [2.05, 4.69) is 16.0 Å². The van der Waals surface area contributed by atoms with Crippen LogP contribution in [0.3, 0.4) is 0 Å². The molecule has 206 valence electrons. The van der Waals surface area contributed by atoms with Crippen molar-refractivity contribution in [2.75, 3.05) is 32.9 Å². The van der Waals surface area contributed by atoms with Crippen molar-refractivity contribution in [3.63, 3.8) is 0 Å². The van der Waals surface area contributed by atoms with E-state index in [0.29, 0.717) is 35.1 Å². The average Bonchev–Trinajstić information content (AvgIpc) is 3.49. The Hall–Kier alpha value is -2.79. The molecule has 10 heteroatoms. The molecule has 4 aromatic rings. The second-order valence-corrected chi connectivity index (χ2v) is 12.9. The Morgan fingerprint density at radius 2 is 1.92 bits per heavy atom. The summed E-state index contributed by atoms with van der Waals surface area (Å²) in [5.41, 5.74) is 3.03. The van der Waals surface area contributed by atoms with Crippen LogP contribution in [0.25, 0.3) is 22.3 Å². The molecule has 39 heavy (non-hydrogen) atoms. The predicted octanol–water partition coefficient (Wildman–Crippen LogP) is 5.54. The summed E-state index contributed by atoms with van der Waals surface area (Å²) >= 11 is 1.41. The molecule has 0 amide bonds. The van der Waals surface area contributed by atoms with Gasteiger partial charge in [0.1, 0.15) is 0 Å². The Bertz CT molecular complexity index is 1520. The summed E-state index contributed by atoms with van der Waals surface area (Å²) in [6.45, 7) is 6.28. The quantitative estimate of drug-likeness (QED) is 0.290. The number of fused-ring (bicyclic) bond motifs is 1. The topological polar surface area (TPSA) is 86.6 Å². The lowest BCUT2D eigenvalue weighted by Crippen LogP contribution is -2.39. The fourth-order valence-electron chi connectivity index (χ4n) is 5.89. The molecule has 8 nitrogen and oxygen atoms in total. The maximum atomic E-state index is 13.7. The third kappa shape index (κ3) is 5.35. The Morgan fingerprint density at radius 3 is 2.72 bits per heavy atom. The number of thiazole rings is 1. The summed E-state index contributed by atoms with van der Waals surface area (Å²) in [5.74, 6) is 0.401. The van der Waals surface area contributed by atoms with E-state index in [1.165, 1.54) is 15.3 Å². The van der Waals surface area contributed by atoms with E-state index in [0.717, 1.165) is 74.9 Å². The zero-order valence-electron chi connectivity index (χ0n) is 22.2. The van der Waals surface area contributed by atoms with Crippen molar-refractivity contribution < 1.29 is 17.9 Å². The highest BCUT2D eigenvalue weighted by Gasteiger charge is 2.29. The highest BCUT2D eigenvalue weighted by Crippen LogP contribution is 2.39. The Balaban J connectivity index is 1.35. The van der Waals surface area contributed by atoms with Crippen molar-refractivity contribution in [2.24, 2.45) is 0 Å². The third-order valence-electron chi connectivity index (χ3n) is 7.90. The summed E-state index contributed by atoms with van der Waals surface area (Å²) < 4.78 is 39.9. The molecular formula is C29H34N4O4S2. The first-order valence-corrected chi connectivity index (χ1v) is 16.1. The van der Waals surface area contributed by atoms with Crippen LogP contribution in [0.4, 0.5) is 0 Å². The molecule has 1 saturated carbocycles. The summed E-state index contributed by atoms with van der Waals surface area (Å²) in [6, 6.07) is 11.2. The molecule has 1 saturated heterocycles. The zero-order valence-corrected chi connectivity index (χ0v) is 23.8. The molecule has 1 aromatic carbocycles. The third-order valence-corrected chi connectivity index (χ3v) is 10.3. The van der Waals surface area contributed by atoms with Crippen molar-refractivity contribution in [2.45, 2.75) is 55.9 Å². The van der Waals surface area contributed by atoms with Gasteiger partial charge in [0.15, 0.2) is 5.65 Å². The highest BCUT2D eigenvalue weighted by molar-refractivity contribution is 7.90. The van der Waals surface area contributed by atoms with Gasteiger partial charge >= 0.3 is 0 Å². The van der Waals surface area contributed by atoms with E-state index >= 15 is 0 Å². The lowest BCUT2D eigenvalue weighted by Gasteiger charge is -2.36. The normalized spacial score (nSPS) is 21.2. The molecule has 0 radical (unpaired) electrons. The molecule has 1 aliphatic heterocycles. The summed E-state index contributed by atoms with van der Waals surface area (Å²) in [6.07, 6.45) is 9.14. The number of hydrogen-bond acceptors (Lipinski definition) is 8. The molecule has 1 aliphatic carbocycles. The number of rotatable bonds is 7. The Labute approximate surface area is 233 Å². The second kappa shape index (κ2) is 11.4. The van der Waals surface area contributed by atoms with E-state index in [-0.39, 0.29) is 4.90 Å². The van der Waals surface area contributed by atoms with Gasteiger partial charge in [-0.1, -0.05) is 29.5 Å². The van der Waals surface area contributed by atoms with Gasteiger partial charge in [-0.25, -0.2) is 22.4 Å². The molecule has 3 aromatic heterocycles. The van der Waals surface area contributed by atoms with E-state index in [1.807, 2.05) is 24.6 Å². The lowest BCUT2D eigenvalue weighted by atomic mass is 9.81. The summed E-state index contributed by atoms with van der Waals surface area (Å²) in [4.78, 5) is 12.2. The van der Waals surface area contributed by atoms with E-state index < -0.39 is 10.0 Å². The van der Waals surface area contributed by atoms with E-state index in [1.54, 1.807) is 30.5 Å². The minimum atomic E-state index is -3.83. The van der Waals surface area contributed by atoms with Crippen LogP contribution in [0.5, 0.6) is 5.19 Å². The molecule has 2 aliphatic rings. The predicted molar refractivity (Wildman–Crippen MR) is 153 cm³/mol. The standard InChI is InChI=1S/C29H34N4O4S2/c1-2-37-29-31-27(20-38-29)26-19-33(39(34,35)24-7-4-3-5-8-24)28-25(26)17-22(18-30-28)21-9-11-23(12-10-21)32-13-6-15-36-16-14-32/h3-5,7-8,17-21,23H,2,6,9-16H2,1H3/t21-,23-. The van der Waals surface area contributed by atoms with Crippen LogP contribution in [-0.2, 0) is 14.8 Å². The number of ether oxygens (including phenoxy) is 2. The van der Waals surface area contributed by atoms with Crippen LogP contribution < -0.4 is 4.74 Å². The second-order valence-electron chi connectivity index (χ2n) is 10.2. The lowest BCUT2D eigenvalue weighted by molar-refractivity contribution is 0.118.